The minimum absolute atomic E-state index is 0.0624. The van der Waals surface area contributed by atoms with Crippen molar-refractivity contribution >= 4 is 32.5 Å². The third kappa shape index (κ3) is 7.10. The maximum atomic E-state index is 14.9. The van der Waals surface area contributed by atoms with Crippen molar-refractivity contribution in [2.45, 2.75) is 90.4 Å². The fraction of sp³-hybridized carbons (Fsp3) is 0.421. The summed E-state index contributed by atoms with van der Waals surface area (Å²) in [5.74, 6) is -1.72. The first-order chi connectivity index (χ1) is 23.1. The SMILES string of the molecule is CCOP(=O)(Cc1c(F)cccc1F)Cc1c2c(c(O[Si](C(C)C)(C(C)C)C(C)C)c3ncc(Cc4ccc(F)cc4)cc13)C(=O)N(C)C2. The molecule has 1 aliphatic rings. The Morgan fingerprint density at radius 2 is 1.49 bits per heavy atom. The van der Waals surface area contributed by atoms with Gasteiger partial charge < -0.3 is 13.8 Å². The molecule has 0 saturated heterocycles. The molecule has 0 aliphatic carbocycles. The van der Waals surface area contributed by atoms with Gasteiger partial charge in [0.05, 0.1) is 24.5 Å². The molecule has 4 aromatic rings. The topological polar surface area (TPSA) is 68.7 Å². The molecule has 1 aromatic heterocycles. The Labute approximate surface area is 288 Å². The maximum Gasteiger partial charge on any atom is 0.258 e. The third-order valence-corrected chi connectivity index (χ3v) is 18.2. The van der Waals surface area contributed by atoms with Crippen molar-refractivity contribution in [2.24, 2.45) is 0 Å². The quantitative estimate of drug-likeness (QED) is 0.102. The maximum absolute atomic E-state index is 14.9. The Bertz CT molecular complexity index is 1870. The van der Waals surface area contributed by atoms with E-state index in [-0.39, 0.29) is 53.2 Å². The summed E-state index contributed by atoms with van der Waals surface area (Å²) in [5, 5.41) is 0.643. The summed E-state index contributed by atoms with van der Waals surface area (Å²) in [7, 11) is -4.69. The van der Waals surface area contributed by atoms with Gasteiger partial charge in [0.2, 0.25) is 7.37 Å². The molecule has 49 heavy (non-hydrogen) atoms. The molecule has 1 amide bonds. The van der Waals surface area contributed by atoms with Crippen LogP contribution >= 0.6 is 7.37 Å². The molecule has 2 heterocycles. The number of carbonyl (C=O) groups is 1. The van der Waals surface area contributed by atoms with Crippen molar-refractivity contribution in [1.82, 2.24) is 9.88 Å². The monoisotopic (exact) mass is 710 g/mol. The zero-order chi connectivity index (χ0) is 35.8. The van der Waals surface area contributed by atoms with Gasteiger partial charge in [-0.1, -0.05) is 59.7 Å². The fourth-order valence-electron chi connectivity index (χ4n) is 7.68. The van der Waals surface area contributed by atoms with E-state index in [9.17, 15) is 22.5 Å². The van der Waals surface area contributed by atoms with E-state index >= 15 is 0 Å². The first-order valence-corrected chi connectivity index (χ1v) is 21.1. The van der Waals surface area contributed by atoms with Crippen LogP contribution in [-0.4, -0.2) is 37.8 Å². The van der Waals surface area contributed by atoms with Crippen LogP contribution in [-0.2, 0) is 34.4 Å². The summed E-state index contributed by atoms with van der Waals surface area (Å²) in [5.41, 5.74) is 4.11. The van der Waals surface area contributed by atoms with Gasteiger partial charge >= 0.3 is 0 Å². The second-order valence-corrected chi connectivity index (χ2v) is 21.9. The van der Waals surface area contributed by atoms with Crippen LogP contribution in [0.3, 0.4) is 0 Å². The number of benzene rings is 3. The molecule has 5 rings (SSSR count). The van der Waals surface area contributed by atoms with Gasteiger partial charge in [0.25, 0.3) is 14.2 Å². The minimum Gasteiger partial charge on any atom is -0.541 e. The average Bonchev–Trinajstić information content (AvgIpc) is 3.33. The zero-order valence-corrected chi connectivity index (χ0v) is 31.5. The molecule has 1 unspecified atom stereocenters. The lowest BCUT2D eigenvalue weighted by Gasteiger charge is -2.42. The number of hydrogen-bond acceptors (Lipinski definition) is 5. The summed E-state index contributed by atoms with van der Waals surface area (Å²) >= 11 is 0. The molecule has 3 aromatic carbocycles. The number of fused-ring (bicyclic) bond motifs is 2. The first-order valence-electron chi connectivity index (χ1n) is 16.9. The summed E-state index contributed by atoms with van der Waals surface area (Å²) < 4.78 is 71.4. The van der Waals surface area contributed by atoms with Gasteiger partial charge in [0.1, 0.15) is 28.7 Å². The van der Waals surface area contributed by atoms with E-state index in [1.54, 1.807) is 37.2 Å². The molecule has 11 heteroatoms. The lowest BCUT2D eigenvalue weighted by atomic mass is 9.95. The van der Waals surface area contributed by atoms with Crippen LogP contribution in [0.2, 0.25) is 16.6 Å². The van der Waals surface area contributed by atoms with Gasteiger partial charge in [-0.25, -0.2) is 13.2 Å². The van der Waals surface area contributed by atoms with Crippen LogP contribution in [0, 0.1) is 17.5 Å². The van der Waals surface area contributed by atoms with Crippen molar-refractivity contribution in [3.63, 3.8) is 0 Å². The predicted molar refractivity (Wildman–Crippen MR) is 191 cm³/mol. The number of rotatable bonds is 13. The van der Waals surface area contributed by atoms with Crippen LogP contribution in [0.5, 0.6) is 5.75 Å². The Morgan fingerprint density at radius 1 is 0.898 bits per heavy atom. The van der Waals surface area contributed by atoms with Crippen LogP contribution in [0.15, 0.2) is 54.7 Å². The number of aromatic nitrogens is 1. The highest BCUT2D eigenvalue weighted by Gasteiger charge is 2.49. The van der Waals surface area contributed by atoms with E-state index < -0.39 is 33.5 Å². The zero-order valence-electron chi connectivity index (χ0n) is 29.6. The Kier molecular flexibility index (Phi) is 10.8. The summed E-state index contributed by atoms with van der Waals surface area (Å²) in [4.78, 5) is 20.6. The van der Waals surface area contributed by atoms with Gasteiger partial charge in [-0.3, -0.25) is 14.3 Å². The summed E-state index contributed by atoms with van der Waals surface area (Å²) in [6.45, 7) is 15.0. The van der Waals surface area contributed by atoms with E-state index in [0.717, 1.165) is 23.3 Å². The Hall–Kier alpha value is -3.46. The van der Waals surface area contributed by atoms with Crippen molar-refractivity contribution < 1.29 is 31.5 Å². The largest absolute Gasteiger partial charge is 0.541 e. The fourth-order valence-corrected chi connectivity index (χ4v) is 15.3. The molecular weight excluding hydrogens is 664 g/mol. The number of halogens is 3. The molecule has 0 N–H and O–H groups in total. The van der Waals surface area contributed by atoms with E-state index in [1.165, 1.54) is 18.2 Å². The normalized spacial score (nSPS) is 14.7. The average molecular weight is 711 g/mol. The van der Waals surface area contributed by atoms with Gasteiger partial charge in [-0.15, -0.1) is 0 Å². The highest BCUT2D eigenvalue weighted by Crippen LogP contribution is 2.57. The van der Waals surface area contributed by atoms with Gasteiger partial charge in [0.15, 0.2) is 0 Å². The van der Waals surface area contributed by atoms with Crippen molar-refractivity contribution in [3.8, 4) is 5.75 Å². The molecule has 0 bridgehead atoms. The van der Waals surface area contributed by atoms with Crippen molar-refractivity contribution in [3.05, 3.63) is 106 Å². The second kappa shape index (κ2) is 14.4. The molecule has 0 spiro atoms. The standard InChI is InChI=1S/C38H46F3N2O4PSi/c1-9-46-48(45,22-32-33(40)11-10-12-34(32)41)21-31-29-18-27(17-26-13-15-28(39)16-14-26)19-42-36(29)37(35-30(31)20-43(8)38(35)44)47-49(23(2)3,24(4)5)25(6)7/h10-16,18-19,23-25H,9,17,20-22H2,1-8H3. The first kappa shape index (κ1) is 36.8. The van der Waals surface area contributed by atoms with Crippen LogP contribution in [0.1, 0.15) is 86.6 Å². The van der Waals surface area contributed by atoms with Gasteiger partial charge in [0, 0.05) is 30.7 Å². The van der Waals surface area contributed by atoms with Crippen LogP contribution in [0.25, 0.3) is 10.9 Å². The van der Waals surface area contributed by atoms with E-state index in [0.29, 0.717) is 39.8 Å². The molecule has 6 nitrogen and oxygen atoms in total. The molecule has 0 radical (unpaired) electrons. The second-order valence-electron chi connectivity index (χ2n) is 14.0. The van der Waals surface area contributed by atoms with E-state index in [2.05, 4.69) is 41.5 Å². The number of amides is 1. The molecule has 1 atom stereocenters. The number of nitrogens with zero attached hydrogens (tertiary/aromatic N) is 2. The number of pyridine rings is 1. The Morgan fingerprint density at radius 3 is 2.06 bits per heavy atom. The van der Waals surface area contributed by atoms with Gasteiger partial charge in [-0.2, -0.15) is 0 Å². The Balaban J connectivity index is 1.79. The van der Waals surface area contributed by atoms with E-state index in [4.69, 9.17) is 13.9 Å². The van der Waals surface area contributed by atoms with Crippen molar-refractivity contribution in [2.75, 3.05) is 13.7 Å². The summed E-state index contributed by atoms with van der Waals surface area (Å²) in [6, 6.07) is 11.7. The van der Waals surface area contributed by atoms with Gasteiger partial charge in [-0.05, 0) is 82.6 Å². The third-order valence-electron chi connectivity index (χ3n) is 9.87. The molecule has 0 saturated carbocycles. The van der Waals surface area contributed by atoms with Crippen molar-refractivity contribution in [1.29, 1.82) is 0 Å². The van der Waals surface area contributed by atoms with Crippen LogP contribution in [0.4, 0.5) is 13.2 Å². The molecule has 0 fully saturated rings. The summed E-state index contributed by atoms with van der Waals surface area (Å²) in [6.07, 6.45) is 1.56. The molecule has 1 aliphatic heterocycles. The number of hydrogen-bond donors (Lipinski definition) is 0. The molecule has 262 valence electrons. The number of carbonyl (C=O) groups excluding carboxylic acids is 1. The minimum atomic E-state index is -3.79. The van der Waals surface area contributed by atoms with Crippen LogP contribution < -0.4 is 4.43 Å². The predicted octanol–water partition coefficient (Wildman–Crippen LogP) is 10.4. The van der Waals surface area contributed by atoms with E-state index in [1.807, 2.05) is 6.07 Å². The smallest absolute Gasteiger partial charge is 0.258 e. The lowest BCUT2D eigenvalue weighted by molar-refractivity contribution is 0.0815. The molecular formula is C38H46F3N2O4PSi. The lowest BCUT2D eigenvalue weighted by Crippen LogP contribution is -2.51. The highest BCUT2D eigenvalue weighted by molar-refractivity contribution is 7.57. The highest BCUT2D eigenvalue weighted by atomic mass is 31.2.